The minimum atomic E-state index is -1.23. The normalized spacial score (nSPS) is 24.6. The van der Waals surface area contributed by atoms with Gasteiger partial charge in [0.15, 0.2) is 5.76 Å². The summed E-state index contributed by atoms with van der Waals surface area (Å²) in [4.78, 5) is 48.0. The Balaban J connectivity index is 1.64. The Bertz CT molecular complexity index is 719. The smallest absolute Gasteiger partial charge is 0.371 e. The number of imide groups is 1. The number of rotatable bonds is 3. The molecular weight excluding hydrogens is 318 g/mol. The maximum atomic E-state index is 12.4. The first kappa shape index (κ1) is 16.0. The van der Waals surface area contributed by atoms with Crippen molar-refractivity contribution >= 4 is 23.8 Å². The van der Waals surface area contributed by atoms with E-state index < -0.39 is 17.5 Å². The van der Waals surface area contributed by atoms with E-state index in [9.17, 15) is 19.2 Å². The summed E-state index contributed by atoms with van der Waals surface area (Å²) >= 11 is 0. The number of furan rings is 1. The van der Waals surface area contributed by atoms with Gasteiger partial charge in [0, 0.05) is 13.1 Å². The minimum Gasteiger partial charge on any atom is -0.475 e. The third-order valence-corrected chi connectivity index (χ3v) is 4.70. The second kappa shape index (κ2) is 5.66. The highest BCUT2D eigenvalue weighted by Gasteiger charge is 2.48. The lowest BCUT2D eigenvalue weighted by molar-refractivity contribution is -0.125. The lowest BCUT2D eigenvalue weighted by atomic mass is 9.79. The standard InChI is InChI=1S/C15H17N3O6/c1-15(13(22)16-14(23)17-15)8-4-6-18(7-5-8)11(19)9-2-3-10(24-9)12(20)21/h2-3,8H,4-7H2,1H3,(H,20,21)(H2,16,17,22,23)/t15-/m0/s1. The summed E-state index contributed by atoms with van der Waals surface area (Å²) in [5.41, 5.74) is -0.965. The molecule has 0 spiro atoms. The monoisotopic (exact) mass is 335 g/mol. The molecule has 1 aromatic heterocycles. The third kappa shape index (κ3) is 2.61. The van der Waals surface area contributed by atoms with Gasteiger partial charge < -0.3 is 19.7 Å². The number of nitrogens with one attached hydrogen (secondary N) is 2. The van der Waals surface area contributed by atoms with Gasteiger partial charge in [-0.2, -0.15) is 0 Å². The molecule has 0 aliphatic carbocycles. The fraction of sp³-hybridized carbons (Fsp3) is 0.467. The van der Waals surface area contributed by atoms with Crippen LogP contribution in [0.5, 0.6) is 0 Å². The average Bonchev–Trinajstić information content (AvgIpc) is 3.13. The van der Waals surface area contributed by atoms with Crippen molar-refractivity contribution in [1.82, 2.24) is 15.5 Å². The molecule has 1 atom stereocenters. The zero-order valence-electron chi connectivity index (χ0n) is 13.0. The molecule has 3 N–H and O–H groups in total. The van der Waals surface area contributed by atoms with E-state index in [-0.39, 0.29) is 29.3 Å². The van der Waals surface area contributed by atoms with Crippen molar-refractivity contribution in [2.24, 2.45) is 5.92 Å². The molecule has 0 saturated carbocycles. The van der Waals surface area contributed by atoms with Crippen LogP contribution in [0, 0.1) is 5.92 Å². The molecule has 0 bridgehead atoms. The number of aromatic carboxylic acids is 1. The number of carboxylic acid groups (broad SMARTS) is 1. The van der Waals surface area contributed by atoms with Crippen LogP contribution in [-0.2, 0) is 4.79 Å². The van der Waals surface area contributed by atoms with Crippen molar-refractivity contribution in [3.05, 3.63) is 23.7 Å². The average molecular weight is 335 g/mol. The molecule has 9 nitrogen and oxygen atoms in total. The molecule has 4 amide bonds. The SMILES string of the molecule is C[C@@]1(C2CCN(C(=O)c3ccc(C(=O)O)o3)CC2)NC(=O)NC1=O. The molecule has 128 valence electrons. The summed E-state index contributed by atoms with van der Waals surface area (Å²) in [6, 6.07) is 2.07. The second-order valence-corrected chi connectivity index (χ2v) is 6.15. The number of carbonyl (C=O) groups is 4. The predicted octanol–water partition coefficient (Wildman–Crippen LogP) is 0.428. The number of piperidine rings is 1. The molecule has 9 heteroatoms. The summed E-state index contributed by atoms with van der Waals surface area (Å²) < 4.78 is 5.03. The Morgan fingerprint density at radius 3 is 2.38 bits per heavy atom. The van der Waals surface area contributed by atoms with Gasteiger partial charge in [-0.3, -0.25) is 14.9 Å². The van der Waals surface area contributed by atoms with Crippen LogP contribution in [0.4, 0.5) is 4.79 Å². The minimum absolute atomic E-state index is 0.0241. The Labute approximate surface area is 137 Å². The Morgan fingerprint density at radius 2 is 1.88 bits per heavy atom. The summed E-state index contributed by atoms with van der Waals surface area (Å²) in [7, 11) is 0. The van der Waals surface area contributed by atoms with E-state index in [2.05, 4.69) is 10.6 Å². The molecule has 3 heterocycles. The fourth-order valence-electron chi connectivity index (χ4n) is 3.23. The molecule has 2 fully saturated rings. The second-order valence-electron chi connectivity index (χ2n) is 6.15. The van der Waals surface area contributed by atoms with E-state index in [1.54, 1.807) is 11.8 Å². The number of likely N-dealkylation sites (tertiary alicyclic amines) is 1. The van der Waals surface area contributed by atoms with E-state index in [0.29, 0.717) is 25.9 Å². The Kier molecular flexibility index (Phi) is 3.78. The van der Waals surface area contributed by atoms with Crippen LogP contribution in [0.25, 0.3) is 0 Å². The van der Waals surface area contributed by atoms with Gasteiger partial charge in [-0.05, 0) is 37.8 Å². The quantitative estimate of drug-likeness (QED) is 0.687. The summed E-state index contributed by atoms with van der Waals surface area (Å²) in [5, 5.41) is 13.7. The lowest BCUT2D eigenvalue weighted by Gasteiger charge is -2.38. The number of carboxylic acids is 1. The fourth-order valence-corrected chi connectivity index (χ4v) is 3.23. The summed E-state index contributed by atoms with van der Waals surface area (Å²) in [5.74, 6) is -2.36. The van der Waals surface area contributed by atoms with Crippen molar-refractivity contribution in [2.45, 2.75) is 25.3 Å². The molecule has 2 aliphatic heterocycles. The molecule has 24 heavy (non-hydrogen) atoms. The topological polar surface area (TPSA) is 129 Å². The number of amides is 4. The van der Waals surface area contributed by atoms with Crippen LogP contribution in [0.3, 0.4) is 0 Å². The number of carbonyl (C=O) groups excluding carboxylic acids is 3. The van der Waals surface area contributed by atoms with E-state index in [0.717, 1.165) is 0 Å². The highest BCUT2D eigenvalue weighted by Crippen LogP contribution is 2.31. The molecule has 3 rings (SSSR count). The highest BCUT2D eigenvalue weighted by molar-refractivity contribution is 6.07. The van der Waals surface area contributed by atoms with Gasteiger partial charge >= 0.3 is 12.0 Å². The molecular formula is C15H17N3O6. The lowest BCUT2D eigenvalue weighted by Crippen LogP contribution is -2.54. The predicted molar refractivity (Wildman–Crippen MR) is 79.4 cm³/mol. The van der Waals surface area contributed by atoms with Crippen molar-refractivity contribution in [2.75, 3.05) is 13.1 Å². The van der Waals surface area contributed by atoms with Crippen molar-refractivity contribution < 1.29 is 28.7 Å². The van der Waals surface area contributed by atoms with Gasteiger partial charge in [-0.15, -0.1) is 0 Å². The van der Waals surface area contributed by atoms with Gasteiger partial charge in [0.1, 0.15) is 5.54 Å². The zero-order chi connectivity index (χ0) is 17.5. The van der Waals surface area contributed by atoms with Crippen LogP contribution in [0.15, 0.2) is 16.5 Å². The number of hydrogen-bond acceptors (Lipinski definition) is 5. The van der Waals surface area contributed by atoms with Crippen LogP contribution in [0.2, 0.25) is 0 Å². The van der Waals surface area contributed by atoms with Gasteiger partial charge in [0.2, 0.25) is 5.76 Å². The van der Waals surface area contributed by atoms with E-state index in [1.165, 1.54) is 12.1 Å². The van der Waals surface area contributed by atoms with Gasteiger partial charge in [0.25, 0.3) is 11.8 Å². The molecule has 0 unspecified atom stereocenters. The summed E-state index contributed by atoms with van der Waals surface area (Å²) in [6.07, 6.45) is 1.09. The molecule has 2 aliphatic rings. The third-order valence-electron chi connectivity index (χ3n) is 4.70. The van der Waals surface area contributed by atoms with Crippen molar-refractivity contribution in [1.29, 1.82) is 0 Å². The van der Waals surface area contributed by atoms with Crippen LogP contribution < -0.4 is 10.6 Å². The van der Waals surface area contributed by atoms with Gasteiger partial charge in [-0.1, -0.05) is 0 Å². The Hall–Kier alpha value is -2.84. The largest absolute Gasteiger partial charge is 0.475 e. The maximum Gasteiger partial charge on any atom is 0.371 e. The first-order valence-electron chi connectivity index (χ1n) is 7.57. The summed E-state index contributed by atoms with van der Waals surface area (Å²) in [6.45, 7) is 2.47. The molecule has 1 aromatic rings. The van der Waals surface area contributed by atoms with Crippen LogP contribution >= 0.6 is 0 Å². The maximum absolute atomic E-state index is 12.4. The van der Waals surface area contributed by atoms with E-state index in [1.807, 2.05) is 0 Å². The Morgan fingerprint density at radius 1 is 1.25 bits per heavy atom. The van der Waals surface area contributed by atoms with Gasteiger partial charge in [-0.25, -0.2) is 9.59 Å². The van der Waals surface area contributed by atoms with E-state index >= 15 is 0 Å². The number of nitrogens with zero attached hydrogens (tertiary/aromatic N) is 1. The molecule has 2 saturated heterocycles. The van der Waals surface area contributed by atoms with E-state index in [4.69, 9.17) is 9.52 Å². The van der Waals surface area contributed by atoms with Crippen LogP contribution in [0.1, 0.15) is 40.9 Å². The first-order chi connectivity index (χ1) is 11.3. The highest BCUT2D eigenvalue weighted by atomic mass is 16.4. The number of urea groups is 1. The van der Waals surface area contributed by atoms with Crippen molar-refractivity contribution in [3.8, 4) is 0 Å². The van der Waals surface area contributed by atoms with Crippen LogP contribution in [-0.4, -0.2) is 52.4 Å². The van der Waals surface area contributed by atoms with Gasteiger partial charge in [0.05, 0.1) is 0 Å². The number of hydrogen-bond donors (Lipinski definition) is 3. The zero-order valence-corrected chi connectivity index (χ0v) is 13.0. The first-order valence-corrected chi connectivity index (χ1v) is 7.57. The van der Waals surface area contributed by atoms with Crippen molar-refractivity contribution in [3.63, 3.8) is 0 Å². The molecule has 0 aromatic carbocycles. The molecule has 0 radical (unpaired) electrons.